The summed E-state index contributed by atoms with van der Waals surface area (Å²) in [6, 6.07) is 13.3. The van der Waals surface area contributed by atoms with Gasteiger partial charge in [0.15, 0.2) is 5.65 Å². The number of aromatic nitrogens is 6. The highest BCUT2D eigenvalue weighted by Gasteiger charge is 2.66. The van der Waals surface area contributed by atoms with E-state index in [1.165, 1.54) is 12.4 Å². The van der Waals surface area contributed by atoms with Gasteiger partial charge in [-0.15, -0.1) is 0 Å². The summed E-state index contributed by atoms with van der Waals surface area (Å²) in [4.78, 5) is 34.9. The molecular weight excluding hydrogens is 862 g/mol. The Balaban J connectivity index is 0.848. The molecule has 17 nitrogen and oxygen atoms in total. The number of amides is 1. The first kappa shape index (κ1) is 48.1. The molecule has 0 bridgehead atoms. The number of aryl methyl sites for hydroxylation is 1. The fourth-order valence-electron chi connectivity index (χ4n) is 9.88. The van der Waals surface area contributed by atoms with Crippen molar-refractivity contribution in [1.29, 1.82) is 5.26 Å². The zero-order chi connectivity index (χ0) is 46.8. The third-order valence-corrected chi connectivity index (χ3v) is 13.0. The van der Waals surface area contributed by atoms with Gasteiger partial charge in [0.2, 0.25) is 11.8 Å². The molecule has 2 fully saturated rings. The Labute approximate surface area is 391 Å². The van der Waals surface area contributed by atoms with Gasteiger partial charge in [-0.05, 0) is 56.2 Å². The third kappa shape index (κ3) is 10.9. The van der Waals surface area contributed by atoms with E-state index in [4.69, 9.17) is 41.3 Å². The Bertz CT molecular complexity index is 2420. The van der Waals surface area contributed by atoms with Crippen molar-refractivity contribution in [2.24, 2.45) is 16.6 Å². The molecule has 4 N–H and O–H groups in total. The highest BCUT2D eigenvalue weighted by atomic mass is 35.5. The molecule has 1 aromatic carbocycles. The molecule has 0 radical (unpaired) electrons. The highest BCUT2D eigenvalue weighted by molar-refractivity contribution is 6.31. The number of benzene rings is 1. The van der Waals surface area contributed by atoms with Crippen LogP contribution in [0.3, 0.4) is 0 Å². The SMILES string of the molecule is CCc1cnn2c(NCc3ccc(OCCOCCOCCCN(c4ncc(C(N)=O)cn4)C4C(C)(C)C(Oc5ccc(C#N)c(Cl)c5)C4(C)C)nc3)cc(N3CCCC[C@H]3CCO)nc12. The van der Waals surface area contributed by atoms with Crippen LogP contribution in [0.2, 0.25) is 5.02 Å². The molecule has 4 aromatic heterocycles. The van der Waals surface area contributed by atoms with Gasteiger partial charge in [0.25, 0.3) is 5.91 Å². The van der Waals surface area contributed by atoms with E-state index in [0.717, 1.165) is 67.1 Å². The number of nitrogens with two attached hydrogens (primary N) is 1. The zero-order valence-electron chi connectivity index (χ0n) is 38.6. The first-order chi connectivity index (χ1) is 31.8. The molecule has 1 aliphatic heterocycles. The molecule has 0 spiro atoms. The predicted octanol–water partition coefficient (Wildman–Crippen LogP) is 6.64. The molecule has 66 heavy (non-hydrogen) atoms. The van der Waals surface area contributed by atoms with Crippen LogP contribution in [0.15, 0.2) is 61.2 Å². The lowest BCUT2D eigenvalue weighted by molar-refractivity contribution is -0.158. The van der Waals surface area contributed by atoms with Crippen molar-refractivity contribution >= 4 is 40.7 Å². The molecule has 1 saturated carbocycles. The van der Waals surface area contributed by atoms with E-state index in [9.17, 15) is 15.2 Å². The van der Waals surface area contributed by atoms with Gasteiger partial charge < -0.3 is 44.9 Å². The number of carbonyl (C=O) groups excluding carboxylic acids is 1. The molecule has 352 valence electrons. The van der Waals surface area contributed by atoms with Crippen molar-refractivity contribution in [2.75, 3.05) is 67.8 Å². The van der Waals surface area contributed by atoms with Crippen LogP contribution in [-0.4, -0.2) is 111 Å². The molecule has 0 unspecified atom stereocenters. The Morgan fingerprint density at radius 3 is 2.44 bits per heavy atom. The van der Waals surface area contributed by atoms with Crippen LogP contribution in [0.25, 0.3) is 5.65 Å². The number of hydrogen-bond acceptors (Lipinski definition) is 15. The standard InChI is InChI=1S/C48H62ClN11O6/c1-6-33-31-56-60-39(25-40(57-43(33)60)58-16-8-7-10-36(58)15-18-61)52-27-32-11-14-41(53-28-32)65-23-22-64-21-20-63-19-9-17-59(46-54-29-35(30-55-46)42(51)62)44-47(2,3)45(48(44,4)5)66-37-13-12-34(26-50)38(49)24-37/h11-14,24-25,28-31,36,44-45,52,61H,6-10,15-23,27H2,1-5H3,(H2,51,62)/t36-,44?,45?/m0/s1. The number of nitrogens with one attached hydrogen (secondary N) is 1. The zero-order valence-corrected chi connectivity index (χ0v) is 39.3. The summed E-state index contributed by atoms with van der Waals surface area (Å²) in [6.07, 6.45) is 11.9. The number of hydrogen-bond donors (Lipinski definition) is 3. The number of pyridine rings is 1. The minimum absolute atomic E-state index is 0.0473. The van der Waals surface area contributed by atoms with Crippen LogP contribution in [0, 0.1) is 22.2 Å². The number of nitriles is 1. The van der Waals surface area contributed by atoms with E-state index in [1.54, 1.807) is 24.4 Å². The second kappa shape index (κ2) is 21.7. The fraction of sp³-hybridized carbons (Fsp3) is 0.521. The normalized spacial score (nSPS) is 18.6. The summed E-state index contributed by atoms with van der Waals surface area (Å²) in [7, 11) is 0. The summed E-state index contributed by atoms with van der Waals surface area (Å²) in [5.74, 6) is 2.76. The van der Waals surface area contributed by atoms with Crippen molar-refractivity contribution in [3.8, 4) is 17.7 Å². The number of fused-ring (bicyclic) bond motifs is 1. The molecule has 5 heterocycles. The minimum atomic E-state index is -0.593. The van der Waals surface area contributed by atoms with Crippen molar-refractivity contribution in [1.82, 2.24) is 29.5 Å². The average Bonchev–Trinajstić information content (AvgIpc) is 3.74. The van der Waals surface area contributed by atoms with Crippen LogP contribution in [0.1, 0.15) is 93.8 Å². The first-order valence-electron chi connectivity index (χ1n) is 22.8. The van der Waals surface area contributed by atoms with E-state index < -0.39 is 5.91 Å². The third-order valence-electron chi connectivity index (χ3n) is 12.7. The molecule has 1 atom stereocenters. The summed E-state index contributed by atoms with van der Waals surface area (Å²) in [6.45, 7) is 14.9. The van der Waals surface area contributed by atoms with Crippen LogP contribution in [0.4, 0.5) is 17.6 Å². The van der Waals surface area contributed by atoms with Crippen molar-refractivity contribution in [2.45, 2.75) is 97.9 Å². The maximum atomic E-state index is 11.8. The lowest BCUT2D eigenvalue weighted by atomic mass is 9.49. The van der Waals surface area contributed by atoms with Gasteiger partial charge in [-0.3, -0.25) is 4.79 Å². The number of rotatable bonds is 23. The smallest absolute Gasteiger partial charge is 0.251 e. The van der Waals surface area contributed by atoms with Gasteiger partial charge in [-0.2, -0.15) is 14.9 Å². The van der Waals surface area contributed by atoms with Gasteiger partial charge in [-0.25, -0.2) is 19.9 Å². The van der Waals surface area contributed by atoms with Crippen molar-refractivity contribution in [3.05, 3.63) is 88.5 Å². The van der Waals surface area contributed by atoms with E-state index in [2.05, 4.69) is 81.9 Å². The van der Waals surface area contributed by atoms with Crippen LogP contribution in [-0.2, 0) is 22.4 Å². The maximum absolute atomic E-state index is 11.8. The number of aliphatic hydroxyl groups is 1. The predicted molar refractivity (Wildman–Crippen MR) is 252 cm³/mol. The monoisotopic (exact) mass is 923 g/mol. The van der Waals surface area contributed by atoms with Gasteiger partial charge in [-0.1, -0.05) is 52.3 Å². The number of ether oxygens (including phenoxy) is 4. The summed E-state index contributed by atoms with van der Waals surface area (Å²) >= 11 is 6.33. The van der Waals surface area contributed by atoms with Gasteiger partial charge in [0.1, 0.15) is 36.2 Å². The van der Waals surface area contributed by atoms with Crippen molar-refractivity contribution in [3.63, 3.8) is 0 Å². The topological polar surface area (TPSA) is 211 Å². The Kier molecular flexibility index (Phi) is 15.8. The molecule has 1 amide bonds. The molecule has 2 aliphatic rings. The number of anilines is 3. The molecule has 7 rings (SSSR count). The molecule has 5 aromatic rings. The number of primary amides is 1. The quantitative estimate of drug-likeness (QED) is 0.0586. The minimum Gasteiger partial charge on any atom is -0.489 e. The van der Waals surface area contributed by atoms with E-state index >= 15 is 0 Å². The Morgan fingerprint density at radius 1 is 1.00 bits per heavy atom. The highest BCUT2D eigenvalue weighted by Crippen LogP contribution is 2.58. The van der Waals surface area contributed by atoms with Crippen LogP contribution < -0.4 is 30.3 Å². The van der Waals surface area contributed by atoms with Crippen LogP contribution in [0.5, 0.6) is 11.6 Å². The molecule has 1 aliphatic carbocycles. The summed E-state index contributed by atoms with van der Waals surface area (Å²) < 4.78 is 26.0. The number of aliphatic hydroxyl groups excluding tert-OH is 1. The molecule has 18 heteroatoms. The fourth-order valence-corrected chi connectivity index (χ4v) is 10.1. The largest absolute Gasteiger partial charge is 0.489 e. The van der Waals surface area contributed by atoms with E-state index in [0.29, 0.717) is 80.7 Å². The second-order valence-corrected chi connectivity index (χ2v) is 18.4. The van der Waals surface area contributed by atoms with Gasteiger partial charge >= 0.3 is 0 Å². The lowest BCUT2D eigenvalue weighted by Gasteiger charge is -2.66. The van der Waals surface area contributed by atoms with Gasteiger partial charge in [0, 0.05) is 98.1 Å². The summed E-state index contributed by atoms with van der Waals surface area (Å²) in [5.41, 5.74) is 8.31. The Hall–Kier alpha value is -5.80. The van der Waals surface area contributed by atoms with E-state index in [-0.39, 0.29) is 41.2 Å². The number of piperidine rings is 1. The van der Waals surface area contributed by atoms with Crippen molar-refractivity contribution < 1.29 is 28.8 Å². The van der Waals surface area contributed by atoms with E-state index in [1.807, 2.05) is 22.8 Å². The average molecular weight is 925 g/mol. The van der Waals surface area contributed by atoms with Crippen LogP contribution >= 0.6 is 11.6 Å². The Morgan fingerprint density at radius 2 is 1.76 bits per heavy atom. The summed E-state index contributed by atoms with van der Waals surface area (Å²) in [5, 5.41) is 27.6. The lowest BCUT2D eigenvalue weighted by Crippen LogP contribution is -2.75. The number of carbonyl (C=O) groups is 1. The first-order valence-corrected chi connectivity index (χ1v) is 23.2. The maximum Gasteiger partial charge on any atom is 0.251 e. The molecule has 1 saturated heterocycles. The number of halogens is 1. The number of nitrogens with zero attached hydrogens (tertiary/aromatic N) is 9. The molecular formula is C48H62ClN11O6. The second-order valence-electron chi connectivity index (χ2n) is 18.0. The van der Waals surface area contributed by atoms with Gasteiger partial charge in [0.05, 0.1) is 42.2 Å².